The molecule has 3 atom stereocenters. The second kappa shape index (κ2) is 5.52. The van der Waals surface area contributed by atoms with Crippen LogP contribution in [0.25, 0.3) is 0 Å². The van der Waals surface area contributed by atoms with E-state index in [0.29, 0.717) is 11.7 Å². The lowest BCUT2D eigenvalue weighted by molar-refractivity contribution is 0.177. The first-order chi connectivity index (χ1) is 8.15. The summed E-state index contributed by atoms with van der Waals surface area (Å²) in [7, 11) is 0. The standard InChI is InChI=1S/C14H21NO2/c1-10(12-3-6-13(16)7-4-12)15-9-11-2-5-14(17)8-11/h3-4,6-7,10-11,14-17H,2,5,8-9H2,1H3. The number of hydrogen-bond donors (Lipinski definition) is 3. The van der Waals surface area contributed by atoms with Crippen LogP contribution in [-0.2, 0) is 0 Å². The molecule has 1 aromatic carbocycles. The number of phenolic OH excluding ortho intramolecular Hbond substituents is 1. The number of benzene rings is 1. The lowest BCUT2D eigenvalue weighted by Crippen LogP contribution is -2.24. The first-order valence-corrected chi connectivity index (χ1v) is 6.35. The molecule has 2 rings (SSSR count). The molecule has 3 nitrogen and oxygen atoms in total. The Hall–Kier alpha value is -1.06. The average Bonchev–Trinajstić information content (AvgIpc) is 2.73. The van der Waals surface area contributed by atoms with E-state index in [2.05, 4.69) is 12.2 Å². The summed E-state index contributed by atoms with van der Waals surface area (Å²) in [5.41, 5.74) is 1.18. The van der Waals surface area contributed by atoms with E-state index in [0.717, 1.165) is 25.8 Å². The van der Waals surface area contributed by atoms with E-state index in [9.17, 15) is 10.2 Å². The molecule has 17 heavy (non-hydrogen) atoms. The summed E-state index contributed by atoms with van der Waals surface area (Å²) in [6.45, 7) is 3.08. The van der Waals surface area contributed by atoms with Gasteiger partial charge in [-0.15, -0.1) is 0 Å². The van der Waals surface area contributed by atoms with Crippen LogP contribution in [0.5, 0.6) is 5.75 Å². The molecular weight excluding hydrogens is 214 g/mol. The molecule has 94 valence electrons. The SMILES string of the molecule is CC(NCC1CCC(O)C1)c1ccc(O)cc1. The Kier molecular flexibility index (Phi) is 4.02. The van der Waals surface area contributed by atoms with Gasteiger partial charge in [-0.05, 0) is 56.3 Å². The summed E-state index contributed by atoms with van der Waals surface area (Å²) in [4.78, 5) is 0. The Balaban J connectivity index is 1.81. The van der Waals surface area contributed by atoms with Crippen molar-refractivity contribution < 1.29 is 10.2 Å². The van der Waals surface area contributed by atoms with Crippen LogP contribution in [0.4, 0.5) is 0 Å². The Morgan fingerprint density at radius 3 is 2.59 bits per heavy atom. The normalized spacial score (nSPS) is 26.0. The van der Waals surface area contributed by atoms with Crippen LogP contribution >= 0.6 is 0 Å². The van der Waals surface area contributed by atoms with Gasteiger partial charge < -0.3 is 15.5 Å². The molecule has 0 heterocycles. The third-order valence-electron chi connectivity index (χ3n) is 3.62. The molecular formula is C14H21NO2. The number of rotatable bonds is 4. The fourth-order valence-corrected chi connectivity index (χ4v) is 2.46. The van der Waals surface area contributed by atoms with Crippen molar-refractivity contribution in [1.29, 1.82) is 0 Å². The maximum Gasteiger partial charge on any atom is 0.115 e. The summed E-state index contributed by atoms with van der Waals surface area (Å²) >= 11 is 0. The van der Waals surface area contributed by atoms with E-state index >= 15 is 0 Å². The maximum absolute atomic E-state index is 9.46. The highest BCUT2D eigenvalue weighted by Crippen LogP contribution is 2.25. The minimum atomic E-state index is -0.0919. The summed E-state index contributed by atoms with van der Waals surface area (Å²) in [5.74, 6) is 0.907. The van der Waals surface area contributed by atoms with Gasteiger partial charge in [0.2, 0.25) is 0 Å². The highest BCUT2D eigenvalue weighted by atomic mass is 16.3. The zero-order valence-electron chi connectivity index (χ0n) is 10.3. The van der Waals surface area contributed by atoms with Crippen LogP contribution in [0, 0.1) is 5.92 Å². The van der Waals surface area contributed by atoms with Crippen LogP contribution in [0.2, 0.25) is 0 Å². The average molecular weight is 235 g/mol. The van der Waals surface area contributed by atoms with E-state index in [1.54, 1.807) is 12.1 Å². The Bertz CT molecular complexity index is 350. The molecule has 1 aliphatic rings. The van der Waals surface area contributed by atoms with Gasteiger partial charge in [-0.1, -0.05) is 12.1 Å². The number of hydrogen-bond acceptors (Lipinski definition) is 3. The predicted octanol–water partition coefficient (Wildman–Crippen LogP) is 2.20. The lowest BCUT2D eigenvalue weighted by atomic mass is 10.1. The summed E-state index contributed by atoms with van der Waals surface area (Å²) < 4.78 is 0. The van der Waals surface area contributed by atoms with E-state index in [4.69, 9.17) is 0 Å². The minimum Gasteiger partial charge on any atom is -0.508 e. The van der Waals surface area contributed by atoms with Gasteiger partial charge in [0.1, 0.15) is 5.75 Å². The Morgan fingerprint density at radius 1 is 1.29 bits per heavy atom. The summed E-state index contributed by atoms with van der Waals surface area (Å²) in [6.07, 6.45) is 2.90. The van der Waals surface area contributed by atoms with Gasteiger partial charge in [0.15, 0.2) is 0 Å². The predicted molar refractivity (Wildman–Crippen MR) is 67.9 cm³/mol. The van der Waals surface area contributed by atoms with E-state index in [1.165, 1.54) is 5.56 Å². The van der Waals surface area contributed by atoms with Gasteiger partial charge in [0, 0.05) is 6.04 Å². The second-order valence-corrected chi connectivity index (χ2v) is 5.05. The fourth-order valence-electron chi connectivity index (χ4n) is 2.46. The van der Waals surface area contributed by atoms with Crippen LogP contribution in [0.3, 0.4) is 0 Å². The van der Waals surface area contributed by atoms with Crippen molar-refractivity contribution in [3.8, 4) is 5.75 Å². The van der Waals surface area contributed by atoms with Crippen LogP contribution in [0.1, 0.15) is 37.8 Å². The van der Waals surface area contributed by atoms with Gasteiger partial charge in [0.25, 0.3) is 0 Å². The zero-order valence-corrected chi connectivity index (χ0v) is 10.3. The van der Waals surface area contributed by atoms with Crippen molar-refractivity contribution in [2.75, 3.05) is 6.54 Å². The first kappa shape index (κ1) is 12.4. The molecule has 0 bridgehead atoms. The smallest absolute Gasteiger partial charge is 0.115 e. The topological polar surface area (TPSA) is 52.5 Å². The lowest BCUT2D eigenvalue weighted by Gasteiger charge is -2.17. The number of phenols is 1. The Morgan fingerprint density at radius 2 is 2.00 bits per heavy atom. The third-order valence-corrected chi connectivity index (χ3v) is 3.62. The molecule has 1 saturated carbocycles. The number of nitrogens with one attached hydrogen (secondary N) is 1. The number of aliphatic hydroxyl groups excluding tert-OH is 1. The van der Waals surface area contributed by atoms with Gasteiger partial charge >= 0.3 is 0 Å². The minimum absolute atomic E-state index is 0.0919. The third kappa shape index (κ3) is 3.45. The maximum atomic E-state index is 9.46. The van der Waals surface area contributed by atoms with E-state index < -0.39 is 0 Å². The van der Waals surface area contributed by atoms with Crippen molar-refractivity contribution in [2.45, 2.75) is 38.3 Å². The van der Waals surface area contributed by atoms with Gasteiger partial charge in [-0.2, -0.15) is 0 Å². The van der Waals surface area contributed by atoms with Gasteiger partial charge in [-0.25, -0.2) is 0 Å². The molecule has 0 radical (unpaired) electrons. The quantitative estimate of drug-likeness (QED) is 0.750. The fraction of sp³-hybridized carbons (Fsp3) is 0.571. The van der Waals surface area contributed by atoms with E-state index in [1.807, 2.05) is 12.1 Å². The van der Waals surface area contributed by atoms with Crippen molar-refractivity contribution >= 4 is 0 Å². The molecule has 3 N–H and O–H groups in total. The molecule has 1 aliphatic carbocycles. The molecule has 0 aliphatic heterocycles. The molecule has 0 saturated heterocycles. The molecule has 0 amide bonds. The zero-order chi connectivity index (χ0) is 12.3. The Labute approximate surface area is 102 Å². The van der Waals surface area contributed by atoms with E-state index in [-0.39, 0.29) is 12.1 Å². The first-order valence-electron chi connectivity index (χ1n) is 6.35. The summed E-state index contributed by atoms with van der Waals surface area (Å²) in [5, 5.41) is 22.2. The monoisotopic (exact) mass is 235 g/mol. The van der Waals surface area contributed by atoms with Crippen LogP contribution in [-0.4, -0.2) is 22.9 Å². The largest absolute Gasteiger partial charge is 0.508 e. The number of aliphatic hydroxyl groups is 1. The van der Waals surface area contributed by atoms with Gasteiger partial charge in [0.05, 0.1) is 6.10 Å². The molecule has 1 fully saturated rings. The highest BCUT2D eigenvalue weighted by Gasteiger charge is 2.22. The number of aromatic hydroxyl groups is 1. The van der Waals surface area contributed by atoms with Crippen molar-refractivity contribution in [2.24, 2.45) is 5.92 Å². The van der Waals surface area contributed by atoms with Gasteiger partial charge in [-0.3, -0.25) is 0 Å². The van der Waals surface area contributed by atoms with Crippen molar-refractivity contribution in [3.05, 3.63) is 29.8 Å². The van der Waals surface area contributed by atoms with Crippen LogP contribution < -0.4 is 5.32 Å². The molecule has 1 aromatic rings. The molecule has 0 aromatic heterocycles. The molecule has 0 spiro atoms. The summed E-state index contributed by atoms with van der Waals surface area (Å²) in [6, 6.07) is 7.60. The molecule has 3 heteroatoms. The van der Waals surface area contributed by atoms with Crippen molar-refractivity contribution in [3.63, 3.8) is 0 Å². The van der Waals surface area contributed by atoms with Crippen LogP contribution in [0.15, 0.2) is 24.3 Å². The highest BCUT2D eigenvalue weighted by molar-refractivity contribution is 5.27. The molecule has 3 unspecified atom stereocenters. The second-order valence-electron chi connectivity index (χ2n) is 5.05. The van der Waals surface area contributed by atoms with Crippen molar-refractivity contribution in [1.82, 2.24) is 5.32 Å².